The van der Waals surface area contributed by atoms with Crippen molar-refractivity contribution in [3.8, 4) is 11.4 Å². The van der Waals surface area contributed by atoms with E-state index in [9.17, 15) is 9.59 Å². The Morgan fingerprint density at radius 2 is 2.00 bits per heavy atom. The van der Waals surface area contributed by atoms with E-state index >= 15 is 0 Å². The molecule has 32 heavy (non-hydrogen) atoms. The number of rotatable bonds is 5. The predicted octanol–water partition coefficient (Wildman–Crippen LogP) is 2.79. The summed E-state index contributed by atoms with van der Waals surface area (Å²) in [5.74, 6) is 0.339. The normalized spacial score (nSPS) is 16.0. The van der Waals surface area contributed by atoms with Crippen LogP contribution in [0.1, 0.15) is 23.3 Å². The summed E-state index contributed by atoms with van der Waals surface area (Å²) < 4.78 is 14.0. The molecule has 2 aromatic carbocycles. The molecule has 0 spiro atoms. The number of ether oxygens (including phenoxy) is 2. The van der Waals surface area contributed by atoms with Gasteiger partial charge in [-0.25, -0.2) is 0 Å². The van der Waals surface area contributed by atoms with E-state index in [2.05, 4.69) is 10.4 Å². The number of aromatic nitrogens is 3. The molecule has 1 N–H and O–H groups in total. The molecule has 8 nitrogen and oxygen atoms in total. The van der Waals surface area contributed by atoms with Crippen LogP contribution in [0.4, 0.5) is 0 Å². The average molecular weight is 432 g/mol. The average Bonchev–Trinajstić information content (AvgIpc) is 3.45. The summed E-state index contributed by atoms with van der Waals surface area (Å²) in [4.78, 5) is 26.8. The highest BCUT2D eigenvalue weighted by Gasteiger charge is 2.24. The van der Waals surface area contributed by atoms with Gasteiger partial charge in [-0.2, -0.15) is 9.78 Å². The van der Waals surface area contributed by atoms with Crippen molar-refractivity contribution >= 4 is 27.7 Å². The number of hydrogen-bond donors (Lipinski definition) is 1. The van der Waals surface area contributed by atoms with Crippen molar-refractivity contribution in [2.75, 3.05) is 20.3 Å². The Kier molecular flexibility index (Phi) is 5.14. The van der Waals surface area contributed by atoms with Crippen molar-refractivity contribution in [2.45, 2.75) is 18.9 Å². The number of aryl methyl sites for hydroxylation is 1. The molecule has 8 heteroatoms. The van der Waals surface area contributed by atoms with Crippen LogP contribution in [0.3, 0.4) is 0 Å². The van der Waals surface area contributed by atoms with Gasteiger partial charge in [0, 0.05) is 36.5 Å². The van der Waals surface area contributed by atoms with Crippen molar-refractivity contribution in [3.63, 3.8) is 0 Å². The number of methoxy groups -OCH3 is 1. The fourth-order valence-corrected chi connectivity index (χ4v) is 4.33. The van der Waals surface area contributed by atoms with E-state index in [1.807, 2.05) is 35.9 Å². The first-order valence-corrected chi connectivity index (χ1v) is 10.6. The lowest BCUT2D eigenvalue weighted by Gasteiger charge is -2.13. The molecule has 164 valence electrons. The van der Waals surface area contributed by atoms with Gasteiger partial charge in [0.1, 0.15) is 11.3 Å². The summed E-state index contributed by atoms with van der Waals surface area (Å²) in [5.41, 5.74) is 1.77. The summed E-state index contributed by atoms with van der Waals surface area (Å²) in [6.07, 6.45) is 1.92. The van der Waals surface area contributed by atoms with Crippen LogP contribution < -0.4 is 15.6 Å². The molecule has 1 aliphatic rings. The maximum Gasteiger partial charge on any atom is 0.296 e. The van der Waals surface area contributed by atoms with E-state index < -0.39 is 0 Å². The first-order valence-electron chi connectivity index (χ1n) is 10.6. The monoisotopic (exact) mass is 432 g/mol. The van der Waals surface area contributed by atoms with E-state index in [0.717, 1.165) is 23.7 Å². The Bertz CT molecular complexity index is 1370. The van der Waals surface area contributed by atoms with Crippen molar-refractivity contribution in [2.24, 2.45) is 7.05 Å². The molecule has 0 radical (unpaired) electrons. The Balaban J connectivity index is 1.70. The molecule has 1 fully saturated rings. The number of carbonyl (C=O) groups is 1. The molecule has 5 rings (SSSR count). The first kappa shape index (κ1) is 20.3. The van der Waals surface area contributed by atoms with Crippen LogP contribution in [0, 0.1) is 0 Å². The number of fused-ring (bicyclic) bond motifs is 3. The molecule has 0 aliphatic carbocycles. The van der Waals surface area contributed by atoms with E-state index in [1.54, 1.807) is 31.4 Å². The molecule has 2 aromatic heterocycles. The number of para-hydroxylation sites is 1. The highest BCUT2D eigenvalue weighted by atomic mass is 16.5. The Morgan fingerprint density at radius 1 is 1.22 bits per heavy atom. The van der Waals surface area contributed by atoms with Gasteiger partial charge in [-0.15, -0.1) is 0 Å². The lowest BCUT2D eigenvalue weighted by atomic mass is 10.1. The Morgan fingerprint density at radius 3 is 2.72 bits per heavy atom. The molecule has 4 aromatic rings. The summed E-state index contributed by atoms with van der Waals surface area (Å²) in [7, 11) is 3.41. The molecule has 1 saturated heterocycles. The van der Waals surface area contributed by atoms with Gasteiger partial charge in [-0.1, -0.05) is 18.2 Å². The minimum atomic E-state index is -0.330. The van der Waals surface area contributed by atoms with E-state index in [1.165, 1.54) is 4.68 Å². The molecular formula is C24H24N4O4. The van der Waals surface area contributed by atoms with Gasteiger partial charge in [0.15, 0.2) is 5.69 Å². The van der Waals surface area contributed by atoms with Crippen LogP contribution >= 0.6 is 0 Å². The summed E-state index contributed by atoms with van der Waals surface area (Å²) in [5, 5.41) is 8.86. The summed E-state index contributed by atoms with van der Waals surface area (Å²) >= 11 is 0. The van der Waals surface area contributed by atoms with Crippen molar-refractivity contribution in [1.29, 1.82) is 0 Å². The van der Waals surface area contributed by atoms with Crippen LogP contribution in [-0.4, -0.2) is 46.6 Å². The van der Waals surface area contributed by atoms with Crippen molar-refractivity contribution in [3.05, 3.63) is 64.6 Å². The highest BCUT2D eigenvalue weighted by Crippen LogP contribution is 2.28. The summed E-state index contributed by atoms with van der Waals surface area (Å²) in [6.45, 7) is 1.13. The SMILES string of the molecule is COc1ccc(-n2nc(C(=O)NC[C@@H]3CCCO3)c3c4ccccc4n(C)c3c2=O)cc1. The molecule has 3 heterocycles. The van der Waals surface area contributed by atoms with Gasteiger partial charge >= 0.3 is 0 Å². The van der Waals surface area contributed by atoms with E-state index in [-0.39, 0.29) is 23.3 Å². The number of nitrogens with one attached hydrogen (secondary N) is 1. The van der Waals surface area contributed by atoms with E-state index in [4.69, 9.17) is 9.47 Å². The van der Waals surface area contributed by atoms with Crippen LogP contribution in [0.5, 0.6) is 5.75 Å². The smallest absolute Gasteiger partial charge is 0.296 e. The Labute approximate surface area is 184 Å². The maximum absolute atomic E-state index is 13.5. The minimum Gasteiger partial charge on any atom is -0.497 e. The fourth-order valence-electron chi connectivity index (χ4n) is 4.33. The minimum absolute atomic E-state index is 0.00875. The lowest BCUT2D eigenvalue weighted by molar-refractivity contribution is 0.0854. The number of amides is 1. The van der Waals surface area contributed by atoms with E-state index in [0.29, 0.717) is 35.5 Å². The molecular weight excluding hydrogens is 408 g/mol. The van der Waals surface area contributed by atoms with Crippen molar-refractivity contribution < 1.29 is 14.3 Å². The van der Waals surface area contributed by atoms with Gasteiger partial charge < -0.3 is 19.4 Å². The van der Waals surface area contributed by atoms with Gasteiger partial charge in [-0.3, -0.25) is 9.59 Å². The topological polar surface area (TPSA) is 87.4 Å². The van der Waals surface area contributed by atoms with Crippen LogP contribution in [0.2, 0.25) is 0 Å². The molecule has 0 bridgehead atoms. The predicted molar refractivity (Wildman–Crippen MR) is 122 cm³/mol. The molecule has 0 unspecified atom stereocenters. The first-order chi connectivity index (χ1) is 15.6. The zero-order valence-corrected chi connectivity index (χ0v) is 18.0. The number of carbonyl (C=O) groups excluding carboxylic acids is 1. The molecule has 1 amide bonds. The second-order valence-corrected chi connectivity index (χ2v) is 7.91. The Hall–Kier alpha value is -3.65. The number of nitrogens with zero attached hydrogens (tertiary/aromatic N) is 3. The second kappa shape index (κ2) is 8.12. The molecule has 0 saturated carbocycles. The standard InChI is InChI=1S/C24H24N4O4/c1-27-19-8-4-3-7-18(19)20-21(23(29)25-14-17-6-5-13-32-17)26-28(24(30)22(20)27)15-9-11-16(31-2)12-10-15/h3-4,7-12,17H,5-6,13-14H2,1-2H3,(H,25,29)/t17-/m0/s1. The third-order valence-electron chi connectivity index (χ3n) is 5.99. The van der Waals surface area contributed by atoms with Crippen LogP contribution in [0.25, 0.3) is 27.5 Å². The number of hydrogen-bond acceptors (Lipinski definition) is 5. The van der Waals surface area contributed by atoms with Crippen molar-refractivity contribution in [1.82, 2.24) is 19.7 Å². The largest absolute Gasteiger partial charge is 0.497 e. The molecule has 1 aliphatic heterocycles. The zero-order chi connectivity index (χ0) is 22.2. The van der Waals surface area contributed by atoms with Gasteiger partial charge in [0.05, 0.1) is 18.9 Å². The molecule has 1 atom stereocenters. The second-order valence-electron chi connectivity index (χ2n) is 7.91. The van der Waals surface area contributed by atoms with Crippen LogP contribution in [0.15, 0.2) is 53.3 Å². The third kappa shape index (κ3) is 3.33. The highest BCUT2D eigenvalue weighted by molar-refractivity contribution is 6.16. The van der Waals surface area contributed by atoms with Gasteiger partial charge in [-0.05, 0) is 43.2 Å². The lowest BCUT2D eigenvalue weighted by Crippen LogP contribution is -2.34. The summed E-state index contributed by atoms with van der Waals surface area (Å²) in [6, 6.07) is 14.6. The zero-order valence-electron chi connectivity index (χ0n) is 18.0. The third-order valence-corrected chi connectivity index (χ3v) is 5.99. The fraction of sp³-hybridized carbons (Fsp3) is 0.292. The quantitative estimate of drug-likeness (QED) is 0.524. The van der Waals surface area contributed by atoms with Crippen LogP contribution in [-0.2, 0) is 11.8 Å². The van der Waals surface area contributed by atoms with Gasteiger partial charge in [0.25, 0.3) is 11.5 Å². The number of benzene rings is 2. The maximum atomic E-state index is 13.5. The van der Waals surface area contributed by atoms with Gasteiger partial charge in [0.2, 0.25) is 0 Å².